The highest BCUT2D eigenvalue weighted by Gasteiger charge is 2.35. The lowest BCUT2D eigenvalue weighted by Crippen LogP contribution is -2.32. The average molecular weight is 352 g/mol. The van der Waals surface area contributed by atoms with E-state index in [2.05, 4.69) is 52.7 Å². The van der Waals surface area contributed by atoms with Gasteiger partial charge in [0, 0.05) is 29.5 Å². The van der Waals surface area contributed by atoms with E-state index < -0.39 is 0 Å². The molecule has 0 spiro atoms. The van der Waals surface area contributed by atoms with Crippen LogP contribution in [0.1, 0.15) is 39.9 Å². The van der Waals surface area contributed by atoms with Gasteiger partial charge in [0.05, 0.1) is 11.6 Å². The highest BCUT2D eigenvalue weighted by molar-refractivity contribution is 5.99. The summed E-state index contributed by atoms with van der Waals surface area (Å²) in [6.07, 6.45) is 2.57. The molecule has 3 nitrogen and oxygen atoms in total. The monoisotopic (exact) mass is 352 g/mol. The number of hydrogen-bond acceptors (Lipinski definition) is 2. The summed E-state index contributed by atoms with van der Waals surface area (Å²) in [6.45, 7) is 0. The van der Waals surface area contributed by atoms with Crippen LogP contribution in [0.25, 0.3) is 10.9 Å². The first-order valence-corrected chi connectivity index (χ1v) is 9.31. The van der Waals surface area contributed by atoms with Crippen LogP contribution in [0, 0.1) is 0 Å². The van der Waals surface area contributed by atoms with Gasteiger partial charge < -0.3 is 5.43 Å². The average Bonchev–Trinajstić information content (AvgIpc) is 3.14. The van der Waals surface area contributed by atoms with Gasteiger partial charge in [0.15, 0.2) is 5.78 Å². The fourth-order valence-corrected chi connectivity index (χ4v) is 4.18. The predicted octanol–water partition coefficient (Wildman–Crippen LogP) is 5.30. The zero-order chi connectivity index (χ0) is 18.2. The van der Waals surface area contributed by atoms with E-state index >= 15 is 0 Å². The highest BCUT2D eigenvalue weighted by atomic mass is 16.1. The molecule has 1 heterocycles. The molecule has 0 unspecified atom stereocenters. The van der Waals surface area contributed by atoms with Crippen molar-refractivity contribution in [2.75, 3.05) is 5.43 Å². The lowest BCUT2D eigenvalue weighted by Gasteiger charge is -2.34. The minimum Gasteiger partial charge on any atom is -0.318 e. The number of Topliss-reactive ketones (excluding diaryl/α,β-unsaturated/α-hetero) is 1. The highest BCUT2D eigenvalue weighted by Crippen LogP contribution is 2.41. The van der Waals surface area contributed by atoms with E-state index in [1.54, 1.807) is 0 Å². The standard InChI is InChI=1S/C24H20N2O/c27-23-16-21(17-8-2-1-3-9-17)24(20-12-6-5-11-19(20)23)25-26-15-14-18-10-4-7-13-22(18)26/h1-15,21,24-25H,16H2/t21-,24+/m0/s1. The second-order valence-corrected chi connectivity index (χ2v) is 7.08. The van der Waals surface area contributed by atoms with Crippen molar-refractivity contribution in [1.29, 1.82) is 0 Å². The minimum atomic E-state index is 0.0251. The number of aromatic nitrogens is 1. The maximum Gasteiger partial charge on any atom is 0.163 e. The second-order valence-electron chi connectivity index (χ2n) is 7.08. The number of para-hydroxylation sites is 1. The SMILES string of the molecule is O=C1C[C@@H](c2ccccc2)[C@H](Nn2ccc3ccccc32)c2ccccc21. The zero-order valence-electron chi connectivity index (χ0n) is 14.9. The van der Waals surface area contributed by atoms with Gasteiger partial charge in [-0.2, -0.15) is 0 Å². The fraction of sp³-hybridized carbons (Fsp3) is 0.125. The van der Waals surface area contributed by atoms with Crippen molar-refractivity contribution in [3.05, 3.63) is 108 Å². The van der Waals surface area contributed by atoms with Crippen LogP contribution in [0.4, 0.5) is 0 Å². The molecule has 132 valence electrons. The zero-order valence-corrected chi connectivity index (χ0v) is 14.9. The van der Waals surface area contributed by atoms with Gasteiger partial charge in [0.1, 0.15) is 0 Å². The van der Waals surface area contributed by atoms with Crippen LogP contribution in [0.5, 0.6) is 0 Å². The molecule has 27 heavy (non-hydrogen) atoms. The smallest absolute Gasteiger partial charge is 0.163 e. The van der Waals surface area contributed by atoms with E-state index in [4.69, 9.17) is 0 Å². The van der Waals surface area contributed by atoms with Crippen LogP contribution < -0.4 is 5.43 Å². The largest absolute Gasteiger partial charge is 0.318 e. The number of carbonyl (C=O) groups is 1. The third-order valence-corrected chi connectivity index (χ3v) is 5.51. The molecule has 5 rings (SSSR count). The number of fused-ring (bicyclic) bond motifs is 2. The van der Waals surface area contributed by atoms with Crippen LogP contribution in [-0.4, -0.2) is 10.5 Å². The summed E-state index contributed by atoms with van der Waals surface area (Å²) in [4.78, 5) is 12.8. The van der Waals surface area contributed by atoms with Gasteiger partial charge in [-0.15, -0.1) is 0 Å². The van der Waals surface area contributed by atoms with Crippen molar-refractivity contribution in [2.45, 2.75) is 18.4 Å². The van der Waals surface area contributed by atoms with E-state index in [0.29, 0.717) is 6.42 Å². The van der Waals surface area contributed by atoms with Gasteiger partial charge in [-0.1, -0.05) is 72.8 Å². The summed E-state index contributed by atoms with van der Waals surface area (Å²) in [7, 11) is 0. The van der Waals surface area contributed by atoms with Crippen molar-refractivity contribution < 1.29 is 4.79 Å². The molecule has 1 aromatic heterocycles. The lowest BCUT2D eigenvalue weighted by atomic mass is 9.76. The maximum atomic E-state index is 12.8. The van der Waals surface area contributed by atoms with Crippen LogP contribution in [0.2, 0.25) is 0 Å². The Bertz CT molecular complexity index is 1110. The summed E-state index contributed by atoms with van der Waals surface area (Å²) in [5, 5.41) is 1.20. The van der Waals surface area contributed by atoms with Crippen molar-refractivity contribution in [3.8, 4) is 0 Å². The molecule has 0 saturated carbocycles. The molecule has 4 aromatic rings. The van der Waals surface area contributed by atoms with Gasteiger partial charge in [0.2, 0.25) is 0 Å². The molecule has 0 saturated heterocycles. The normalized spacial score (nSPS) is 19.0. The maximum absolute atomic E-state index is 12.8. The summed E-state index contributed by atoms with van der Waals surface area (Å²) in [5.74, 6) is 0.310. The molecule has 0 amide bonds. The first-order valence-electron chi connectivity index (χ1n) is 9.31. The van der Waals surface area contributed by atoms with Gasteiger partial charge >= 0.3 is 0 Å². The van der Waals surface area contributed by atoms with E-state index in [9.17, 15) is 4.79 Å². The molecule has 0 bridgehead atoms. The third-order valence-electron chi connectivity index (χ3n) is 5.51. The van der Waals surface area contributed by atoms with Crippen LogP contribution in [-0.2, 0) is 0 Å². The molecule has 0 aliphatic heterocycles. The van der Waals surface area contributed by atoms with Gasteiger partial charge in [0.25, 0.3) is 0 Å². The fourth-order valence-electron chi connectivity index (χ4n) is 4.18. The Hall–Kier alpha value is -3.33. The van der Waals surface area contributed by atoms with Crippen LogP contribution >= 0.6 is 0 Å². The Morgan fingerprint density at radius 3 is 2.44 bits per heavy atom. The number of hydrogen-bond donors (Lipinski definition) is 1. The molecule has 1 aliphatic carbocycles. The Balaban J connectivity index is 1.63. The Labute approximate surface area is 158 Å². The van der Waals surface area contributed by atoms with E-state index in [-0.39, 0.29) is 17.7 Å². The van der Waals surface area contributed by atoms with E-state index in [1.807, 2.05) is 48.5 Å². The summed E-state index contributed by atoms with van der Waals surface area (Å²) in [5.41, 5.74) is 7.92. The Morgan fingerprint density at radius 1 is 0.815 bits per heavy atom. The number of carbonyl (C=O) groups excluding carboxylic acids is 1. The predicted molar refractivity (Wildman–Crippen MR) is 109 cm³/mol. The molecular weight excluding hydrogens is 332 g/mol. The lowest BCUT2D eigenvalue weighted by molar-refractivity contribution is 0.0958. The molecule has 1 N–H and O–H groups in total. The van der Waals surface area contributed by atoms with Crippen LogP contribution in [0.3, 0.4) is 0 Å². The molecule has 0 fully saturated rings. The number of nitrogens with one attached hydrogen (secondary N) is 1. The molecule has 2 atom stereocenters. The van der Waals surface area contributed by atoms with E-state index in [0.717, 1.165) is 16.6 Å². The van der Waals surface area contributed by atoms with Crippen LogP contribution in [0.15, 0.2) is 91.1 Å². The van der Waals surface area contributed by atoms with Crippen molar-refractivity contribution >= 4 is 16.7 Å². The summed E-state index contributed by atoms with van der Waals surface area (Å²) in [6, 6.07) is 28.8. The molecule has 0 radical (unpaired) electrons. The molecule has 1 aliphatic rings. The molecule has 3 aromatic carbocycles. The number of rotatable bonds is 3. The Morgan fingerprint density at radius 2 is 1.56 bits per heavy atom. The van der Waals surface area contributed by atoms with Gasteiger partial charge in [-0.3, -0.25) is 9.47 Å². The quantitative estimate of drug-likeness (QED) is 0.543. The topological polar surface area (TPSA) is 34.0 Å². The number of ketones is 1. The number of nitrogens with zero attached hydrogens (tertiary/aromatic N) is 1. The second kappa shape index (κ2) is 6.44. The van der Waals surface area contributed by atoms with Crippen molar-refractivity contribution in [1.82, 2.24) is 4.68 Å². The number of benzene rings is 3. The summed E-state index contributed by atoms with van der Waals surface area (Å²) >= 11 is 0. The van der Waals surface area contributed by atoms with E-state index in [1.165, 1.54) is 10.9 Å². The molecule has 3 heteroatoms. The van der Waals surface area contributed by atoms with Crippen molar-refractivity contribution in [3.63, 3.8) is 0 Å². The van der Waals surface area contributed by atoms with Gasteiger partial charge in [-0.25, -0.2) is 0 Å². The molecular formula is C24H20N2O. The van der Waals surface area contributed by atoms with Gasteiger partial charge in [-0.05, 0) is 23.3 Å². The van der Waals surface area contributed by atoms with Crippen molar-refractivity contribution in [2.24, 2.45) is 0 Å². The minimum absolute atomic E-state index is 0.0251. The summed E-state index contributed by atoms with van der Waals surface area (Å²) < 4.78 is 2.09. The third kappa shape index (κ3) is 2.72. The Kier molecular flexibility index (Phi) is 3.79. The first-order chi connectivity index (χ1) is 13.3. The first kappa shape index (κ1) is 15.9.